The van der Waals surface area contributed by atoms with Crippen molar-refractivity contribution in [2.45, 2.75) is 117 Å². The van der Waals surface area contributed by atoms with Gasteiger partial charge in [0.2, 0.25) is 0 Å². The van der Waals surface area contributed by atoms with E-state index >= 15 is 0 Å². The lowest BCUT2D eigenvalue weighted by atomic mass is 9.78. The molecule has 0 spiro atoms. The quantitative estimate of drug-likeness (QED) is 0.172. The summed E-state index contributed by atoms with van der Waals surface area (Å²) >= 11 is 0. The smallest absolute Gasteiger partial charge is 0.312 e. The number of aromatic hydroxyl groups is 2. The number of ether oxygens (including phenoxy) is 5. The number of hydrogen-bond donors (Lipinski definition) is 5. The van der Waals surface area contributed by atoms with Crippen LogP contribution in [-0.4, -0.2) is 106 Å². The maximum Gasteiger partial charge on any atom is 0.312 e. The number of nitrogens with one attached hydrogen (secondary N) is 1. The second-order valence-electron chi connectivity index (χ2n) is 16.6. The van der Waals surface area contributed by atoms with Crippen molar-refractivity contribution in [2.75, 3.05) is 26.1 Å². The predicted octanol–water partition coefficient (Wildman–Crippen LogP) is 5.83. The molecule has 2 amide bonds. The van der Waals surface area contributed by atoms with E-state index < -0.39 is 89.6 Å². The van der Waals surface area contributed by atoms with Gasteiger partial charge in [-0.15, -0.1) is 0 Å². The Kier molecular flexibility index (Phi) is 14.3. The van der Waals surface area contributed by atoms with Crippen molar-refractivity contribution in [1.29, 1.82) is 0 Å². The number of aliphatic hydroxyl groups excluding tert-OH is 2. The summed E-state index contributed by atoms with van der Waals surface area (Å²) in [7, 11) is 3.15. The Morgan fingerprint density at radius 3 is 2.27 bits per heavy atom. The highest BCUT2D eigenvalue weighted by Crippen LogP contribution is 2.54. The average Bonchev–Trinajstić information content (AvgIpc) is 3.85. The number of amides is 2. The van der Waals surface area contributed by atoms with Crippen LogP contribution in [0.3, 0.4) is 0 Å². The van der Waals surface area contributed by atoms with E-state index in [4.69, 9.17) is 23.7 Å². The van der Waals surface area contributed by atoms with E-state index in [-0.39, 0.29) is 56.6 Å². The molecule has 3 aliphatic heterocycles. The molecule has 0 saturated heterocycles. The number of phenolic OH excluding ortho intramolecular Hbond substituents is 2. The molecule has 2 aromatic carbocycles. The molecule has 1 aliphatic carbocycles. The van der Waals surface area contributed by atoms with E-state index in [1.54, 1.807) is 51.8 Å². The first-order chi connectivity index (χ1) is 28.2. The number of ketones is 1. The number of fused-ring (bicyclic) bond motifs is 14. The lowest BCUT2D eigenvalue weighted by Crippen LogP contribution is -2.46. The van der Waals surface area contributed by atoms with Crippen LogP contribution in [0.4, 0.5) is 5.69 Å². The van der Waals surface area contributed by atoms with Crippen LogP contribution < -0.4 is 14.8 Å². The van der Waals surface area contributed by atoms with Crippen LogP contribution in [0.15, 0.2) is 42.2 Å². The van der Waals surface area contributed by atoms with E-state index in [0.717, 1.165) is 25.7 Å². The third-order valence-corrected chi connectivity index (χ3v) is 12.4. The van der Waals surface area contributed by atoms with Gasteiger partial charge in [0.25, 0.3) is 17.6 Å². The zero-order valence-corrected chi connectivity index (χ0v) is 36.1. The summed E-state index contributed by atoms with van der Waals surface area (Å²) < 4.78 is 29.9. The molecule has 15 nitrogen and oxygen atoms in total. The van der Waals surface area contributed by atoms with Gasteiger partial charge in [0.05, 0.1) is 41.2 Å². The van der Waals surface area contributed by atoms with Crippen molar-refractivity contribution < 1.29 is 63.3 Å². The summed E-state index contributed by atoms with van der Waals surface area (Å²) in [5.74, 6) is -7.91. The Hall–Kier alpha value is -5.12. The molecule has 6 rings (SSSR count). The summed E-state index contributed by atoms with van der Waals surface area (Å²) in [5.41, 5.74) is 0.0258. The predicted molar refractivity (Wildman–Crippen MR) is 223 cm³/mol. The Balaban J connectivity index is 1.66. The number of likely N-dealkylation sites (N-methyl/N-ethyl adjacent to an activating group) is 1. The number of hydrogen-bond acceptors (Lipinski definition) is 13. The number of aliphatic hydroxyl groups is 2. The van der Waals surface area contributed by atoms with E-state index in [1.807, 2.05) is 0 Å². The van der Waals surface area contributed by atoms with Gasteiger partial charge in [0.1, 0.15) is 23.4 Å². The first-order valence-electron chi connectivity index (χ1n) is 20.5. The number of carbonyl (C=O) groups is 4. The molecule has 9 atom stereocenters. The Morgan fingerprint density at radius 1 is 0.967 bits per heavy atom. The minimum absolute atomic E-state index is 0.0487. The Morgan fingerprint density at radius 2 is 1.63 bits per heavy atom. The second-order valence-corrected chi connectivity index (χ2v) is 16.6. The number of rotatable bonds is 6. The fourth-order valence-electron chi connectivity index (χ4n) is 8.48. The lowest BCUT2D eigenvalue weighted by molar-refractivity contribution is -0.160. The molecule has 0 radical (unpaired) electrons. The molecule has 5 bridgehead atoms. The van der Waals surface area contributed by atoms with Crippen molar-refractivity contribution in [3.63, 3.8) is 0 Å². The van der Waals surface area contributed by atoms with E-state index in [0.29, 0.717) is 0 Å². The van der Waals surface area contributed by atoms with E-state index in [2.05, 4.69) is 5.32 Å². The number of anilines is 1. The van der Waals surface area contributed by atoms with Crippen LogP contribution in [0.5, 0.6) is 23.0 Å². The van der Waals surface area contributed by atoms with Crippen molar-refractivity contribution in [2.24, 2.45) is 23.7 Å². The summed E-state index contributed by atoms with van der Waals surface area (Å²) in [5, 5.41) is 48.6. The summed E-state index contributed by atoms with van der Waals surface area (Å²) in [4.78, 5) is 55.5. The molecule has 1 fully saturated rings. The number of allylic oxidation sites excluding steroid dienone is 2. The van der Waals surface area contributed by atoms with Crippen LogP contribution in [0.1, 0.15) is 90.1 Å². The molecule has 3 heterocycles. The van der Waals surface area contributed by atoms with Gasteiger partial charge in [0, 0.05) is 80.3 Å². The third-order valence-electron chi connectivity index (χ3n) is 12.4. The number of phenols is 2. The average molecular weight is 837 g/mol. The monoisotopic (exact) mass is 836 g/mol. The maximum atomic E-state index is 14.5. The van der Waals surface area contributed by atoms with Crippen LogP contribution in [0, 0.1) is 30.6 Å². The van der Waals surface area contributed by atoms with Crippen molar-refractivity contribution in [3.8, 4) is 23.0 Å². The van der Waals surface area contributed by atoms with Gasteiger partial charge < -0.3 is 54.3 Å². The molecule has 0 aromatic heterocycles. The fraction of sp³-hybridized carbons (Fsp3) is 0.556. The van der Waals surface area contributed by atoms with Crippen molar-refractivity contribution in [3.05, 3.63) is 53.3 Å². The normalized spacial score (nSPS) is 31.2. The highest BCUT2D eigenvalue weighted by atomic mass is 16.7. The molecule has 2 aromatic rings. The number of carbonyl (C=O) groups excluding carboxylic acids is 4. The molecule has 15 heteroatoms. The van der Waals surface area contributed by atoms with Gasteiger partial charge in [-0.2, -0.15) is 0 Å². The van der Waals surface area contributed by atoms with Gasteiger partial charge in [-0.25, -0.2) is 0 Å². The molecule has 60 heavy (non-hydrogen) atoms. The number of Topliss-reactive ketones (excluding diaryl/α,β-unsaturated/α-hetero) is 1. The molecule has 5 N–H and O–H groups in total. The fourth-order valence-corrected chi connectivity index (χ4v) is 8.48. The van der Waals surface area contributed by atoms with Gasteiger partial charge >= 0.3 is 11.8 Å². The minimum Gasteiger partial charge on any atom is -0.507 e. The molecule has 328 valence electrons. The highest BCUT2D eigenvalue weighted by molar-refractivity contribution is 6.21. The van der Waals surface area contributed by atoms with Gasteiger partial charge in [-0.1, -0.05) is 58.8 Å². The van der Waals surface area contributed by atoms with Gasteiger partial charge in [0.15, 0.2) is 12.4 Å². The molecule has 1 saturated carbocycles. The minimum atomic E-state index is -2.02. The first-order valence-corrected chi connectivity index (χ1v) is 20.5. The van der Waals surface area contributed by atoms with Gasteiger partial charge in [-0.05, 0) is 32.8 Å². The maximum absolute atomic E-state index is 14.5. The van der Waals surface area contributed by atoms with Crippen LogP contribution in [0.2, 0.25) is 0 Å². The number of esters is 1. The summed E-state index contributed by atoms with van der Waals surface area (Å²) in [6.45, 7) is 12.1. The first kappa shape index (κ1) is 46.0. The van der Waals surface area contributed by atoms with E-state index in [1.165, 1.54) is 59.3 Å². The van der Waals surface area contributed by atoms with Crippen LogP contribution in [-0.2, 0) is 28.6 Å². The summed E-state index contributed by atoms with van der Waals surface area (Å²) in [6, 6.07) is 1.34. The largest absolute Gasteiger partial charge is 0.507 e. The van der Waals surface area contributed by atoms with E-state index in [9.17, 15) is 39.6 Å². The standard InChI is InChI=1S/C45H60N2O13/c1-22-14-13-15-23(2)44(55)46-30-20-32(57-21-33(49)47(9)29-16-11-12-17-29)34-35(40(30)53)39(52)27(6)42-36(34)43(54)45(8,60-42)58-19-18-31(56-10)24(3)41(59-28(7)48)26(5)38(51)25(4)37(22)50/h13-15,18-20,22,24-26,29,31,37-38,41,50-53H,11-12,16-17,21H2,1-10H3,(H,46,55)/b14-13+,19-18+,23-15+. The SMILES string of the molecule is COC1/C=C/OC2(C)Oc3c(C)c(O)c4c(O)c(cc(OCC(=O)N(C)C5CCCC5)c4c3C2=O)NC(=O)/C(C)=C/C=C/C(C)C(O)C(C)C(O)C(C)C(OC(C)=O)C1C. The molecule has 9 unspecified atom stereocenters. The van der Waals surface area contributed by atoms with Crippen molar-refractivity contribution in [1.82, 2.24) is 4.90 Å². The highest BCUT2D eigenvalue weighted by Gasteiger charge is 2.50. The summed E-state index contributed by atoms with van der Waals surface area (Å²) in [6.07, 6.45) is 7.37. The topological polar surface area (TPSA) is 211 Å². The second kappa shape index (κ2) is 18.7. The van der Waals surface area contributed by atoms with Crippen LogP contribution >= 0.6 is 0 Å². The lowest BCUT2D eigenvalue weighted by Gasteiger charge is -2.38. The van der Waals surface area contributed by atoms with Crippen molar-refractivity contribution >= 4 is 40.0 Å². The number of nitrogens with zero attached hydrogens (tertiary/aromatic N) is 1. The zero-order valence-electron chi connectivity index (χ0n) is 36.1. The zero-order chi connectivity index (χ0) is 44.4. The van der Waals surface area contributed by atoms with Crippen LogP contribution in [0.25, 0.3) is 10.8 Å². The number of methoxy groups -OCH3 is 1. The molecular weight excluding hydrogens is 776 g/mol. The molecular formula is C45H60N2O13. The third kappa shape index (κ3) is 9.13. The molecule has 4 aliphatic rings. The Bertz CT molecular complexity index is 2070. The Labute approximate surface area is 351 Å². The van der Waals surface area contributed by atoms with Gasteiger partial charge in [-0.3, -0.25) is 19.2 Å². The number of benzene rings is 2.